The fourth-order valence-corrected chi connectivity index (χ4v) is 3.65. The van der Waals surface area contributed by atoms with E-state index in [1.807, 2.05) is 25.1 Å². The molecule has 1 unspecified atom stereocenters. The van der Waals surface area contributed by atoms with Gasteiger partial charge in [-0.05, 0) is 38.5 Å². The number of benzene rings is 1. The number of hydrogen-bond donors (Lipinski definition) is 2. The van der Waals surface area contributed by atoms with E-state index in [1.54, 1.807) is 38.1 Å². The molecular formula is C20H20N2O4S. The number of amides is 1. The number of rotatable bonds is 6. The number of furan rings is 1. The monoisotopic (exact) mass is 384 g/mol. The third-order valence-corrected chi connectivity index (χ3v) is 5.61. The summed E-state index contributed by atoms with van der Waals surface area (Å²) in [6.07, 6.45) is 0. The van der Waals surface area contributed by atoms with Gasteiger partial charge in [0.25, 0.3) is 5.91 Å². The van der Waals surface area contributed by atoms with Crippen LogP contribution >= 0.6 is 11.3 Å². The van der Waals surface area contributed by atoms with Crippen LogP contribution in [0.15, 0.2) is 46.9 Å². The number of hydrogen-bond acceptors (Lipinski definition) is 5. The SMILES string of the molecule is Cc1ccc(-c2nc(C)c(C(=O)NCC(C)(C(=O)O)c3ccccc3)s2)o1. The second-order valence-electron chi connectivity index (χ2n) is 6.53. The third kappa shape index (κ3) is 3.78. The van der Waals surface area contributed by atoms with Crippen LogP contribution < -0.4 is 5.32 Å². The Morgan fingerprint density at radius 1 is 1.19 bits per heavy atom. The van der Waals surface area contributed by atoms with Gasteiger partial charge in [-0.25, -0.2) is 4.98 Å². The highest BCUT2D eigenvalue weighted by molar-refractivity contribution is 7.17. The normalized spacial score (nSPS) is 13.1. The van der Waals surface area contributed by atoms with E-state index in [0.29, 0.717) is 26.9 Å². The Kier molecular flexibility index (Phi) is 5.14. The van der Waals surface area contributed by atoms with Gasteiger partial charge in [-0.3, -0.25) is 9.59 Å². The summed E-state index contributed by atoms with van der Waals surface area (Å²) < 4.78 is 5.56. The second kappa shape index (κ2) is 7.36. The molecular weight excluding hydrogens is 364 g/mol. The van der Waals surface area contributed by atoms with Crippen molar-refractivity contribution in [3.05, 3.63) is 64.4 Å². The van der Waals surface area contributed by atoms with E-state index in [4.69, 9.17) is 4.42 Å². The molecule has 0 bridgehead atoms. The smallest absolute Gasteiger partial charge is 0.315 e. The van der Waals surface area contributed by atoms with Crippen LogP contribution in [0.25, 0.3) is 10.8 Å². The summed E-state index contributed by atoms with van der Waals surface area (Å²) in [6.45, 7) is 5.16. The highest BCUT2D eigenvalue weighted by atomic mass is 32.1. The summed E-state index contributed by atoms with van der Waals surface area (Å²) in [5, 5.41) is 13.1. The molecule has 1 aromatic carbocycles. The first-order chi connectivity index (χ1) is 12.8. The molecule has 27 heavy (non-hydrogen) atoms. The molecule has 6 nitrogen and oxygen atoms in total. The minimum absolute atomic E-state index is 0.0300. The Morgan fingerprint density at radius 3 is 2.48 bits per heavy atom. The van der Waals surface area contributed by atoms with Gasteiger partial charge in [0.05, 0.1) is 5.69 Å². The lowest BCUT2D eigenvalue weighted by atomic mass is 9.82. The molecule has 0 aliphatic rings. The van der Waals surface area contributed by atoms with Crippen LogP contribution in [0.4, 0.5) is 0 Å². The van der Waals surface area contributed by atoms with Crippen molar-refractivity contribution in [2.45, 2.75) is 26.2 Å². The molecule has 3 rings (SSSR count). The average Bonchev–Trinajstić information content (AvgIpc) is 3.25. The summed E-state index contributed by atoms with van der Waals surface area (Å²) in [4.78, 5) is 29.4. The molecule has 2 heterocycles. The van der Waals surface area contributed by atoms with Crippen LogP contribution in [-0.2, 0) is 10.2 Å². The minimum Gasteiger partial charge on any atom is -0.481 e. The van der Waals surface area contributed by atoms with E-state index in [9.17, 15) is 14.7 Å². The molecule has 140 valence electrons. The van der Waals surface area contributed by atoms with Gasteiger partial charge in [-0.1, -0.05) is 30.3 Å². The summed E-state index contributed by atoms with van der Waals surface area (Å²) in [5.41, 5.74) is -0.0138. The quantitative estimate of drug-likeness (QED) is 0.674. The fraction of sp³-hybridized carbons (Fsp3) is 0.250. The highest BCUT2D eigenvalue weighted by Gasteiger charge is 2.36. The van der Waals surface area contributed by atoms with Gasteiger partial charge in [-0.2, -0.15) is 0 Å². The van der Waals surface area contributed by atoms with Gasteiger partial charge in [0.2, 0.25) is 0 Å². The molecule has 1 atom stereocenters. The van der Waals surface area contributed by atoms with Crippen molar-refractivity contribution in [3.63, 3.8) is 0 Å². The van der Waals surface area contributed by atoms with Crippen molar-refractivity contribution in [1.29, 1.82) is 0 Å². The molecule has 3 aromatic rings. The third-order valence-electron chi connectivity index (χ3n) is 4.44. The molecule has 0 fully saturated rings. The van der Waals surface area contributed by atoms with Crippen molar-refractivity contribution < 1.29 is 19.1 Å². The summed E-state index contributed by atoms with van der Waals surface area (Å²) >= 11 is 1.22. The van der Waals surface area contributed by atoms with Gasteiger partial charge in [-0.15, -0.1) is 11.3 Å². The van der Waals surface area contributed by atoms with Gasteiger partial charge in [0.1, 0.15) is 16.1 Å². The Hall–Kier alpha value is -2.93. The molecule has 1 amide bonds. The van der Waals surface area contributed by atoms with Crippen molar-refractivity contribution >= 4 is 23.2 Å². The zero-order valence-electron chi connectivity index (χ0n) is 15.3. The summed E-state index contributed by atoms with van der Waals surface area (Å²) in [5.74, 6) is 0.0351. The lowest BCUT2D eigenvalue weighted by Crippen LogP contribution is -2.44. The van der Waals surface area contributed by atoms with Crippen LogP contribution in [0.3, 0.4) is 0 Å². The maximum absolute atomic E-state index is 12.7. The zero-order valence-corrected chi connectivity index (χ0v) is 16.1. The van der Waals surface area contributed by atoms with Crippen molar-refractivity contribution in [2.75, 3.05) is 6.54 Å². The average molecular weight is 384 g/mol. The number of aryl methyl sites for hydroxylation is 2. The van der Waals surface area contributed by atoms with Crippen LogP contribution in [0.1, 0.15) is 33.6 Å². The zero-order chi connectivity index (χ0) is 19.6. The number of carboxylic acid groups (broad SMARTS) is 1. The van der Waals surface area contributed by atoms with E-state index in [2.05, 4.69) is 10.3 Å². The van der Waals surface area contributed by atoms with Crippen molar-refractivity contribution in [2.24, 2.45) is 0 Å². The lowest BCUT2D eigenvalue weighted by molar-refractivity contribution is -0.142. The van der Waals surface area contributed by atoms with E-state index in [1.165, 1.54) is 11.3 Å². The summed E-state index contributed by atoms with van der Waals surface area (Å²) in [7, 11) is 0. The maximum atomic E-state index is 12.7. The molecule has 0 aliphatic heterocycles. The molecule has 2 N–H and O–H groups in total. The molecule has 2 aromatic heterocycles. The first kappa shape index (κ1) is 18.8. The van der Waals surface area contributed by atoms with Crippen LogP contribution in [0, 0.1) is 13.8 Å². The van der Waals surface area contributed by atoms with E-state index in [0.717, 1.165) is 5.76 Å². The number of carboxylic acids is 1. The number of nitrogens with one attached hydrogen (secondary N) is 1. The molecule has 0 radical (unpaired) electrons. The van der Waals surface area contributed by atoms with Crippen LogP contribution in [0.2, 0.25) is 0 Å². The van der Waals surface area contributed by atoms with Crippen molar-refractivity contribution in [3.8, 4) is 10.8 Å². The van der Waals surface area contributed by atoms with Gasteiger partial charge in [0, 0.05) is 6.54 Å². The molecule has 0 saturated heterocycles. The summed E-state index contributed by atoms with van der Waals surface area (Å²) in [6, 6.07) is 12.5. The molecule has 7 heteroatoms. The maximum Gasteiger partial charge on any atom is 0.315 e. The molecule has 0 aliphatic carbocycles. The first-order valence-corrected chi connectivity index (χ1v) is 9.24. The number of carbonyl (C=O) groups is 2. The lowest BCUT2D eigenvalue weighted by Gasteiger charge is -2.25. The predicted octanol–water partition coefficient (Wildman–Crippen LogP) is 3.79. The minimum atomic E-state index is -1.23. The standard InChI is InChI=1S/C20H20N2O4S/c1-12-9-10-15(26-12)18-22-13(2)16(27-18)17(23)21-11-20(3,19(24)25)14-7-5-4-6-8-14/h4-10H,11H2,1-3H3,(H,21,23)(H,24,25). The van der Waals surface area contributed by atoms with E-state index < -0.39 is 11.4 Å². The number of aromatic nitrogens is 1. The van der Waals surface area contributed by atoms with Crippen molar-refractivity contribution in [1.82, 2.24) is 10.3 Å². The largest absolute Gasteiger partial charge is 0.481 e. The Balaban J connectivity index is 1.79. The fourth-order valence-electron chi connectivity index (χ4n) is 2.71. The Bertz CT molecular complexity index is 977. The van der Waals surface area contributed by atoms with Crippen LogP contribution in [0.5, 0.6) is 0 Å². The topological polar surface area (TPSA) is 92.4 Å². The first-order valence-electron chi connectivity index (χ1n) is 8.42. The second-order valence-corrected chi connectivity index (χ2v) is 7.53. The van der Waals surface area contributed by atoms with E-state index in [-0.39, 0.29) is 12.5 Å². The van der Waals surface area contributed by atoms with Gasteiger partial charge < -0.3 is 14.8 Å². The Labute approximate surface area is 160 Å². The highest BCUT2D eigenvalue weighted by Crippen LogP contribution is 2.29. The molecule has 0 spiro atoms. The number of aliphatic carboxylic acids is 1. The van der Waals surface area contributed by atoms with Gasteiger partial charge >= 0.3 is 5.97 Å². The number of thiazole rings is 1. The van der Waals surface area contributed by atoms with Gasteiger partial charge in [0.15, 0.2) is 10.8 Å². The Morgan fingerprint density at radius 2 is 1.89 bits per heavy atom. The number of nitrogens with zero attached hydrogens (tertiary/aromatic N) is 1. The van der Waals surface area contributed by atoms with E-state index >= 15 is 0 Å². The molecule has 0 saturated carbocycles. The number of carbonyl (C=O) groups excluding carboxylic acids is 1. The predicted molar refractivity (Wildman–Crippen MR) is 103 cm³/mol. The van der Waals surface area contributed by atoms with Crippen LogP contribution in [-0.4, -0.2) is 28.5 Å².